The van der Waals surface area contributed by atoms with Gasteiger partial charge < -0.3 is 14.8 Å². The lowest BCUT2D eigenvalue weighted by atomic mass is 10.0. The van der Waals surface area contributed by atoms with E-state index in [0.29, 0.717) is 11.3 Å². The average Bonchev–Trinajstić information content (AvgIpc) is 2.55. The molecule has 2 aromatic rings. The number of hydrogen-bond acceptors (Lipinski definition) is 3. The molecule has 1 atom stereocenters. The highest BCUT2D eigenvalue weighted by Gasteiger charge is 2.16. The van der Waals surface area contributed by atoms with Crippen LogP contribution in [0.1, 0.15) is 40.0 Å². The van der Waals surface area contributed by atoms with Crippen molar-refractivity contribution in [3.8, 4) is 11.5 Å². The van der Waals surface area contributed by atoms with E-state index in [1.165, 1.54) is 0 Å². The molecule has 2 aromatic carbocycles. The molecule has 122 valence electrons. The van der Waals surface area contributed by atoms with Crippen LogP contribution in [0, 0.1) is 13.8 Å². The first-order chi connectivity index (χ1) is 11.0. The molecule has 0 spiro atoms. The topological polar surface area (TPSA) is 47.6 Å². The first-order valence-electron chi connectivity index (χ1n) is 7.56. The highest BCUT2D eigenvalue weighted by Crippen LogP contribution is 2.26. The number of amides is 1. The molecular weight excluding hydrogens is 290 g/mol. The Morgan fingerprint density at radius 1 is 1.00 bits per heavy atom. The Morgan fingerprint density at radius 2 is 1.70 bits per heavy atom. The molecule has 23 heavy (non-hydrogen) atoms. The second-order valence-electron chi connectivity index (χ2n) is 5.62. The summed E-state index contributed by atoms with van der Waals surface area (Å²) in [6.07, 6.45) is 0. The number of hydrogen-bond donors (Lipinski definition) is 1. The van der Waals surface area contributed by atoms with Crippen LogP contribution >= 0.6 is 0 Å². The molecule has 2 rings (SSSR count). The maximum absolute atomic E-state index is 12.5. The molecule has 0 bridgehead atoms. The molecule has 0 aliphatic carbocycles. The third kappa shape index (κ3) is 3.83. The molecule has 4 nitrogen and oxygen atoms in total. The van der Waals surface area contributed by atoms with Crippen LogP contribution in [-0.2, 0) is 0 Å². The molecule has 0 radical (unpaired) electrons. The summed E-state index contributed by atoms with van der Waals surface area (Å²) in [5.74, 6) is 1.34. The molecule has 0 saturated carbocycles. The minimum absolute atomic E-state index is 0.139. The van der Waals surface area contributed by atoms with Crippen molar-refractivity contribution in [2.75, 3.05) is 14.2 Å². The van der Waals surface area contributed by atoms with Gasteiger partial charge in [0.15, 0.2) is 0 Å². The molecule has 0 aliphatic rings. The van der Waals surface area contributed by atoms with Gasteiger partial charge in [-0.2, -0.15) is 0 Å². The Hall–Kier alpha value is -2.49. The summed E-state index contributed by atoms with van der Waals surface area (Å²) < 4.78 is 10.7. The van der Waals surface area contributed by atoms with E-state index in [9.17, 15) is 4.79 Å². The Bertz CT molecular complexity index is 710. The van der Waals surface area contributed by atoms with Crippen molar-refractivity contribution < 1.29 is 14.3 Å². The van der Waals surface area contributed by atoms with Gasteiger partial charge in [-0.3, -0.25) is 4.79 Å². The van der Waals surface area contributed by atoms with Crippen molar-refractivity contribution in [2.24, 2.45) is 0 Å². The zero-order valence-corrected chi connectivity index (χ0v) is 14.3. The molecule has 0 heterocycles. The molecule has 0 unspecified atom stereocenters. The summed E-state index contributed by atoms with van der Waals surface area (Å²) in [5, 5.41) is 3.01. The van der Waals surface area contributed by atoms with Crippen LogP contribution in [0.4, 0.5) is 0 Å². The molecule has 0 aromatic heterocycles. The van der Waals surface area contributed by atoms with Gasteiger partial charge in [0.25, 0.3) is 5.91 Å². The number of methoxy groups -OCH3 is 2. The van der Waals surface area contributed by atoms with Crippen LogP contribution in [0.15, 0.2) is 36.4 Å². The molecule has 1 N–H and O–H groups in total. The third-order valence-electron chi connectivity index (χ3n) is 3.87. The molecule has 0 fully saturated rings. The van der Waals surface area contributed by atoms with Gasteiger partial charge in [0, 0.05) is 11.1 Å². The fourth-order valence-corrected chi connectivity index (χ4v) is 2.51. The van der Waals surface area contributed by atoms with E-state index >= 15 is 0 Å². The normalized spacial score (nSPS) is 11.7. The summed E-state index contributed by atoms with van der Waals surface area (Å²) in [5.41, 5.74) is 3.65. The van der Waals surface area contributed by atoms with Gasteiger partial charge in [-0.15, -0.1) is 0 Å². The van der Waals surface area contributed by atoms with Crippen molar-refractivity contribution in [2.45, 2.75) is 26.8 Å². The van der Waals surface area contributed by atoms with Gasteiger partial charge in [-0.1, -0.05) is 23.8 Å². The Morgan fingerprint density at radius 3 is 2.35 bits per heavy atom. The smallest absolute Gasteiger partial charge is 0.251 e. The lowest BCUT2D eigenvalue weighted by Gasteiger charge is -2.18. The zero-order chi connectivity index (χ0) is 17.0. The number of nitrogens with one attached hydrogen (secondary N) is 1. The number of carbonyl (C=O) groups is 1. The largest absolute Gasteiger partial charge is 0.496 e. The van der Waals surface area contributed by atoms with Gasteiger partial charge in [0.1, 0.15) is 11.5 Å². The van der Waals surface area contributed by atoms with Gasteiger partial charge in [0.2, 0.25) is 0 Å². The molecule has 0 saturated heterocycles. The SMILES string of the molecule is COc1cc(C(=O)N[C@@H](C)c2cc(C)ccc2OC)ccc1C. The lowest BCUT2D eigenvalue weighted by Crippen LogP contribution is -2.27. The standard InChI is InChI=1S/C19H23NO3/c1-12-6-9-17(22-4)16(10-12)14(3)20-19(21)15-8-7-13(2)18(11-15)23-5/h6-11,14H,1-5H3,(H,20,21)/t14-/m0/s1. The van der Waals surface area contributed by atoms with Crippen LogP contribution in [0.3, 0.4) is 0 Å². The van der Waals surface area contributed by atoms with Crippen LogP contribution < -0.4 is 14.8 Å². The number of rotatable bonds is 5. The Balaban J connectivity index is 2.21. The van der Waals surface area contributed by atoms with Crippen molar-refractivity contribution in [1.82, 2.24) is 5.32 Å². The summed E-state index contributed by atoms with van der Waals surface area (Å²) in [6.45, 7) is 5.91. The predicted molar refractivity (Wildman–Crippen MR) is 91.3 cm³/mol. The predicted octanol–water partition coefficient (Wildman–Crippen LogP) is 3.81. The lowest BCUT2D eigenvalue weighted by molar-refractivity contribution is 0.0939. The fraction of sp³-hybridized carbons (Fsp3) is 0.316. The maximum Gasteiger partial charge on any atom is 0.251 e. The van der Waals surface area contributed by atoms with Crippen molar-refractivity contribution in [3.63, 3.8) is 0 Å². The van der Waals surface area contributed by atoms with Gasteiger partial charge >= 0.3 is 0 Å². The van der Waals surface area contributed by atoms with Crippen molar-refractivity contribution >= 4 is 5.91 Å². The van der Waals surface area contributed by atoms with Crippen molar-refractivity contribution in [3.05, 3.63) is 58.7 Å². The second kappa shape index (κ2) is 7.18. The van der Waals surface area contributed by atoms with Gasteiger partial charge in [-0.25, -0.2) is 0 Å². The Labute approximate surface area is 137 Å². The first-order valence-corrected chi connectivity index (χ1v) is 7.56. The summed E-state index contributed by atoms with van der Waals surface area (Å²) in [7, 11) is 3.23. The number of benzene rings is 2. The minimum Gasteiger partial charge on any atom is -0.496 e. The average molecular weight is 313 g/mol. The minimum atomic E-state index is -0.162. The van der Waals surface area contributed by atoms with E-state index in [2.05, 4.69) is 5.32 Å². The van der Waals surface area contributed by atoms with Crippen LogP contribution in [0.2, 0.25) is 0 Å². The van der Waals surface area contributed by atoms with Crippen LogP contribution in [0.5, 0.6) is 11.5 Å². The van der Waals surface area contributed by atoms with Crippen molar-refractivity contribution in [1.29, 1.82) is 0 Å². The maximum atomic E-state index is 12.5. The van der Waals surface area contributed by atoms with E-state index in [4.69, 9.17) is 9.47 Å². The van der Waals surface area contributed by atoms with E-state index < -0.39 is 0 Å². The summed E-state index contributed by atoms with van der Waals surface area (Å²) in [4.78, 5) is 12.5. The van der Waals surface area contributed by atoms with Crippen LogP contribution in [-0.4, -0.2) is 20.1 Å². The molecule has 4 heteroatoms. The zero-order valence-electron chi connectivity index (χ0n) is 14.3. The van der Waals surface area contributed by atoms with E-state index in [1.807, 2.05) is 45.0 Å². The van der Waals surface area contributed by atoms with Gasteiger partial charge in [-0.05, 0) is 44.5 Å². The highest BCUT2D eigenvalue weighted by molar-refractivity contribution is 5.95. The summed E-state index contributed by atoms with van der Waals surface area (Å²) >= 11 is 0. The number of ether oxygens (including phenoxy) is 2. The molecular formula is C19H23NO3. The molecule has 0 aliphatic heterocycles. The number of aryl methyl sites for hydroxylation is 2. The highest BCUT2D eigenvalue weighted by atomic mass is 16.5. The third-order valence-corrected chi connectivity index (χ3v) is 3.87. The van der Waals surface area contributed by atoms with Gasteiger partial charge in [0.05, 0.1) is 20.3 Å². The second-order valence-corrected chi connectivity index (χ2v) is 5.62. The monoisotopic (exact) mass is 313 g/mol. The van der Waals surface area contributed by atoms with E-state index in [0.717, 1.165) is 22.4 Å². The van der Waals surface area contributed by atoms with E-state index in [-0.39, 0.29) is 11.9 Å². The fourth-order valence-electron chi connectivity index (χ4n) is 2.51. The van der Waals surface area contributed by atoms with Crippen LogP contribution in [0.25, 0.3) is 0 Å². The quantitative estimate of drug-likeness (QED) is 0.913. The summed E-state index contributed by atoms with van der Waals surface area (Å²) in [6, 6.07) is 11.2. The number of carbonyl (C=O) groups excluding carboxylic acids is 1. The first kappa shape index (κ1) is 16.9. The Kier molecular flexibility index (Phi) is 5.27. The van der Waals surface area contributed by atoms with E-state index in [1.54, 1.807) is 26.4 Å². The molecule has 1 amide bonds.